The lowest BCUT2D eigenvalue weighted by atomic mass is 10.1. The van der Waals surface area contributed by atoms with Crippen molar-refractivity contribution in [3.8, 4) is 0 Å². The van der Waals surface area contributed by atoms with Crippen molar-refractivity contribution < 1.29 is 19.1 Å². The summed E-state index contributed by atoms with van der Waals surface area (Å²) in [6.07, 6.45) is 3.52. The number of hydrogen-bond acceptors (Lipinski definition) is 5. The Kier molecular flexibility index (Phi) is 6.64. The first-order valence-electron chi connectivity index (χ1n) is 10.7. The predicted octanol–water partition coefficient (Wildman–Crippen LogP) is 4.72. The lowest BCUT2D eigenvalue weighted by Crippen LogP contribution is -2.26. The van der Waals surface area contributed by atoms with E-state index in [1.807, 2.05) is 13.8 Å². The van der Waals surface area contributed by atoms with Crippen molar-refractivity contribution in [1.82, 2.24) is 15.0 Å². The van der Waals surface area contributed by atoms with Gasteiger partial charge in [-0.2, -0.15) is 0 Å². The van der Waals surface area contributed by atoms with E-state index in [0.29, 0.717) is 35.2 Å². The van der Waals surface area contributed by atoms with E-state index in [2.05, 4.69) is 15.8 Å². The number of nitrogens with zero attached hydrogens (tertiary/aromatic N) is 2. The SMILES string of the molecule is CCC(O)Cn1cnc2cc(C(=O)NOCC3CC3)c(Nc3ccc(Cl)cc3C)c(F)c21. The molecule has 170 valence electrons. The van der Waals surface area contributed by atoms with Crippen LogP contribution >= 0.6 is 11.6 Å². The summed E-state index contributed by atoms with van der Waals surface area (Å²) in [6, 6.07) is 6.69. The first kappa shape index (κ1) is 22.5. The molecular weight excluding hydrogens is 435 g/mol. The zero-order valence-corrected chi connectivity index (χ0v) is 18.7. The number of carbonyl (C=O) groups excluding carboxylic acids is 1. The molecular formula is C23H26ClFN4O3. The average Bonchev–Trinajstić information content (AvgIpc) is 3.50. The number of rotatable bonds is 9. The van der Waals surface area contributed by atoms with Crippen molar-refractivity contribution in [3.05, 3.63) is 52.6 Å². The van der Waals surface area contributed by atoms with Gasteiger partial charge in [-0.05, 0) is 61.9 Å². The molecule has 9 heteroatoms. The molecule has 0 bridgehead atoms. The normalized spacial score (nSPS) is 14.5. The molecule has 7 nitrogen and oxygen atoms in total. The van der Waals surface area contributed by atoms with Crippen LogP contribution in [0.4, 0.5) is 15.8 Å². The van der Waals surface area contributed by atoms with Crippen LogP contribution in [0, 0.1) is 18.7 Å². The fourth-order valence-electron chi connectivity index (χ4n) is 3.45. The Balaban J connectivity index is 1.75. The molecule has 1 atom stereocenters. The van der Waals surface area contributed by atoms with Crippen LogP contribution in [0.15, 0.2) is 30.6 Å². The van der Waals surface area contributed by atoms with Crippen LogP contribution in [0.5, 0.6) is 0 Å². The highest BCUT2D eigenvalue weighted by Gasteiger charge is 2.25. The molecule has 0 saturated heterocycles. The number of hydroxylamine groups is 1. The number of carbonyl (C=O) groups is 1. The number of anilines is 2. The van der Waals surface area contributed by atoms with Gasteiger partial charge in [-0.3, -0.25) is 9.63 Å². The van der Waals surface area contributed by atoms with Crippen LogP contribution in [-0.2, 0) is 11.4 Å². The maximum atomic E-state index is 15.8. The summed E-state index contributed by atoms with van der Waals surface area (Å²) in [5.74, 6) is -0.738. The molecule has 1 aliphatic carbocycles. The van der Waals surface area contributed by atoms with E-state index in [-0.39, 0.29) is 23.3 Å². The quantitative estimate of drug-likeness (QED) is 0.402. The van der Waals surface area contributed by atoms with Crippen LogP contribution in [0.2, 0.25) is 5.02 Å². The highest BCUT2D eigenvalue weighted by atomic mass is 35.5. The van der Waals surface area contributed by atoms with E-state index in [4.69, 9.17) is 16.4 Å². The monoisotopic (exact) mass is 460 g/mol. The van der Waals surface area contributed by atoms with Crippen molar-refractivity contribution in [2.45, 2.75) is 45.8 Å². The highest BCUT2D eigenvalue weighted by molar-refractivity contribution is 6.30. The standard InChI is InChI=1S/C23H26ClFN4O3/c1-3-16(30)10-29-12-26-19-9-17(23(31)28-32-11-14-4-5-14)21(20(25)22(19)29)27-18-7-6-15(24)8-13(18)2/h6-9,12,14,16,27,30H,3-5,10-11H2,1-2H3,(H,28,31). The zero-order valence-electron chi connectivity index (χ0n) is 18.0. The molecule has 1 aliphatic rings. The molecule has 0 aliphatic heterocycles. The van der Waals surface area contributed by atoms with E-state index in [1.165, 1.54) is 12.4 Å². The maximum Gasteiger partial charge on any atom is 0.277 e. The third kappa shape index (κ3) is 4.87. The second-order valence-electron chi connectivity index (χ2n) is 8.21. The molecule has 1 saturated carbocycles. The van der Waals surface area contributed by atoms with Crippen molar-refractivity contribution in [2.24, 2.45) is 5.92 Å². The summed E-state index contributed by atoms with van der Waals surface area (Å²) >= 11 is 6.05. The number of halogens is 2. The maximum absolute atomic E-state index is 15.8. The number of hydrogen-bond donors (Lipinski definition) is 3. The molecule has 32 heavy (non-hydrogen) atoms. The number of benzene rings is 2. The Hall–Kier alpha value is -2.68. The minimum absolute atomic E-state index is 0.00295. The number of aliphatic hydroxyl groups excluding tert-OH is 1. The summed E-state index contributed by atoms with van der Waals surface area (Å²) in [7, 11) is 0. The number of aliphatic hydroxyl groups is 1. The molecule has 1 heterocycles. The molecule has 1 aromatic heterocycles. The van der Waals surface area contributed by atoms with Gasteiger partial charge in [-0.1, -0.05) is 18.5 Å². The Morgan fingerprint density at radius 1 is 1.41 bits per heavy atom. The van der Waals surface area contributed by atoms with E-state index in [1.54, 1.807) is 22.8 Å². The van der Waals surface area contributed by atoms with Crippen molar-refractivity contribution in [2.75, 3.05) is 11.9 Å². The number of imidazole rings is 1. The smallest absolute Gasteiger partial charge is 0.277 e. The molecule has 3 N–H and O–H groups in total. The van der Waals surface area contributed by atoms with Gasteiger partial charge in [0.1, 0.15) is 5.52 Å². The minimum Gasteiger partial charge on any atom is -0.391 e. The van der Waals surface area contributed by atoms with Gasteiger partial charge in [0.15, 0.2) is 5.82 Å². The number of aryl methyl sites for hydroxylation is 1. The molecule has 2 aromatic carbocycles. The number of fused-ring (bicyclic) bond motifs is 1. The fourth-order valence-corrected chi connectivity index (χ4v) is 3.68. The first-order valence-corrected chi connectivity index (χ1v) is 11.1. The molecule has 1 unspecified atom stereocenters. The lowest BCUT2D eigenvalue weighted by Gasteiger charge is -2.17. The summed E-state index contributed by atoms with van der Waals surface area (Å²) in [5.41, 5.74) is 4.43. The van der Waals surface area contributed by atoms with Crippen LogP contribution in [-0.4, -0.2) is 33.3 Å². The Labute approximate surface area is 190 Å². The largest absolute Gasteiger partial charge is 0.391 e. The average molecular weight is 461 g/mol. The summed E-state index contributed by atoms with van der Waals surface area (Å²) in [6.45, 7) is 4.31. The number of nitrogens with one attached hydrogen (secondary N) is 2. The number of amides is 1. The van der Waals surface area contributed by atoms with E-state index in [0.717, 1.165) is 18.4 Å². The molecule has 3 aromatic rings. The van der Waals surface area contributed by atoms with Gasteiger partial charge in [0.25, 0.3) is 5.91 Å². The van der Waals surface area contributed by atoms with Gasteiger partial charge in [0, 0.05) is 10.7 Å². The Morgan fingerprint density at radius 2 is 2.19 bits per heavy atom. The predicted molar refractivity (Wildman–Crippen MR) is 122 cm³/mol. The summed E-state index contributed by atoms with van der Waals surface area (Å²) in [5, 5.41) is 13.7. The lowest BCUT2D eigenvalue weighted by molar-refractivity contribution is 0.0271. The van der Waals surface area contributed by atoms with Gasteiger partial charge in [-0.15, -0.1) is 0 Å². The molecule has 0 radical (unpaired) electrons. The van der Waals surface area contributed by atoms with Gasteiger partial charge in [0.05, 0.1) is 42.4 Å². The minimum atomic E-state index is -0.638. The molecule has 1 amide bonds. The van der Waals surface area contributed by atoms with Gasteiger partial charge < -0.3 is 15.0 Å². The van der Waals surface area contributed by atoms with Crippen LogP contribution in [0.1, 0.15) is 42.1 Å². The molecule has 4 rings (SSSR count). The Morgan fingerprint density at radius 3 is 2.88 bits per heavy atom. The first-order chi connectivity index (χ1) is 15.4. The molecule has 1 fully saturated rings. The van der Waals surface area contributed by atoms with E-state index < -0.39 is 17.8 Å². The topological polar surface area (TPSA) is 88.4 Å². The van der Waals surface area contributed by atoms with Crippen LogP contribution in [0.25, 0.3) is 11.0 Å². The summed E-state index contributed by atoms with van der Waals surface area (Å²) in [4.78, 5) is 22.5. The van der Waals surface area contributed by atoms with E-state index >= 15 is 4.39 Å². The van der Waals surface area contributed by atoms with Gasteiger partial charge in [0.2, 0.25) is 0 Å². The van der Waals surface area contributed by atoms with E-state index in [9.17, 15) is 9.90 Å². The van der Waals surface area contributed by atoms with Crippen molar-refractivity contribution in [3.63, 3.8) is 0 Å². The van der Waals surface area contributed by atoms with Crippen LogP contribution in [0.3, 0.4) is 0 Å². The van der Waals surface area contributed by atoms with Crippen molar-refractivity contribution >= 4 is 39.9 Å². The summed E-state index contributed by atoms with van der Waals surface area (Å²) < 4.78 is 17.4. The third-order valence-electron chi connectivity index (χ3n) is 5.60. The molecule has 0 spiro atoms. The fraction of sp³-hybridized carbons (Fsp3) is 0.391. The number of aromatic nitrogens is 2. The van der Waals surface area contributed by atoms with Crippen molar-refractivity contribution in [1.29, 1.82) is 0 Å². The van der Waals surface area contributed by atoms with Gasteiger partial charge >= 0.3 is 0 Å². The van der Waals surface area contributed by atoms with Crippen LogP contribution < -0.4 is 10.8 Å². The van der Waals surface area contributed by atoms with Gasteiger partial charge in [-0.25, -0.2) is 14.9 Å². The second kappa shape index (κ2) is 9.44. The second-order valence-corrected chi connectivity index (χ2v) is 8.65. The zero-order chi connectivity index (χ0) is 22.8. The highest BCUT2D eigenvalue weighted by Crippen LogP contribution is 2.33. The Bertz CT molecular complexity index is 1150. The third-order valence-corrected chi connectivity index (χ3v) is 5.83.